The van der Waals surface area contributed by atoms with Crippen molar-refractivity contribution < 1.29 is 23.9 Å². The van der Waals surface area contributed by atoms with E-state index >= 15 is 0 Å². The van der Waals surface area contributed by atoms with Gasteiger partial charge in [0, 0.05) is 24.1 Å². The molecule has 0 amide bonds. The third kappa shape index (κ3) is 4.25. The van der Waals surface area contributed by atoms with Crippen LogP contribution in [-0.2, 0) is 30.5 Å². The lowest BCUT2D eigenvalue weighted by Crippen LogP contribution is -2.63. The zero-order valence-electron chi connectivity index (χ0n) is 19.9. The summed E-state index contributed by atoms with van der Waals surface area (Å²) in [5, 5.41) is 2.06. The first kappa shape index (κ1) is 23.4. The van der Waals surface area contributed by atoms with E-state index in [1.807, 2.05) is 30.3 Å². The van der Waals surface area contributed by atoms with Crippen LogP contribution in [0.2, 0.25) is 0 Å². The van der Waals surface area contributed by atoms with Crippen molar-refractivity contribution in [1.29, 1.82) is 0 Å². The summed E-state index contributed by atoms with van der Waals surface area (Å²) in [5.41, 5.74) is -0.464. The number of nitrogens with zero attached hydrogens (tertiary/aromatic N) is 1. The number of fused-ring (bicyclic) bond motifs is 2. The van der Waals surface area contributed by atoms with E-state index in [0.29, 0.717) is 38.9 Å². The quantitative estimate of drug-likeness (QED) is 0.332. The number of Topliss-reactive ketones (excluding diaryl/α,β-unsaturated/α-hetero) is 1. The Bertz CT molecular complexity index is 810. The summed E-state index contributed by atoms with van der Waals surface area (Å²) in [5.74, 6) is -0.456. The van der Waals surface area contributed by atoms with E-state index in [1.165, 1.54) is 0 Å². The molecule has 0 N–H and O–H groups in total. The van der Waals surface area contributed by atoms with Gasteiger partial charge in [-0.15, -0.1) is 0 Å². The lowest BCUT2D eigenvalue weighted by molar-refractivity contribution is -0.322. The first-order chi connectivity index (χ1) is 15.2. The average molecular weight is 444 g/mol. The molecule has 6 nitrogen and oxygen atoms in total. The van der Waals surface area contributed by atoms with Crippen LogP contribution in [0, 0.1) is 5.41 Å². The number of esters is 1. The Morgan fingerprint density at radius 2 is 1.75 bits per heavy atom. The van der Waals surface area contributed by atoms with E-state index in [0.717, 1.165) is 24.8 Å². The molecule has 3 fully saturated rings. The fraction of sp³-hybridized carbons (Fsp3) is 0.692. The maximum absolute atomic E-state index is 13.2. The molecule has 1 aromatic carbocycles. The van der Waals surface area contributed by atoms with Gasteiger partial charge in [0.2, 0.25) is 0 Å². The Balaban J connectivity index is 1.47. The van der Waals surface area contributed by atoms with Crippen LogP contribution in [0.5, 0.6) is 0 Å². The third-order valence-electron chi connectivity index (χ3n) is 7.47. The van der Waals surface area contributed by atoms with Crippen LogP contribution in [0.3, 0.4) is 0 Å². The number of hydrogen-bond acceptors (Lipinski definition) is 6. The highest BCUT2D eigenvalue weighted by molar-refractivity contribution is 6.07. The monoisotopic (exact) mass is 443 g/mol. The van der Waals surface area contributed by atoms with Gasteiger partial charge >= 0.3 is 5.97 Å². The molecule has 176 valence electrons. The molecule has 2 bridgehead atoms. The molecule has 1 aromatic rings. The van der Waals surface area contributed by atoms with Crippen LogP contribution in [0.4, 0.5) is 0 Å². The first-order valence-electron chi connectivity index (χ1n) is 12.0. The molecule has 3 atom stereocenters. The number of hydrogen-bond donors (Lipinski definition) is 0. The Morgan fingerprint density at radius 1 is 1.06 bits per heavy atom. The van der Waals surface area contributed by atoms with E-state index in [9.17, 15) is 9.59 Å². The number of carbonyl (C=O) groups excluding carboxylic acids is 2. The maximum Gasteiger partial charge on any atom is 0.322 e. The fourth-order valence-electron chi connectivity index (χ4n) is 5.85. The molecule has 2 heterocycles. The minimum atomic E-state index is -1.22. The summed E-state index contributed by atoms with van der Waals surface area (Å²) in [6.07, 6.45) is 4.13. The number of piperidine rings is 1. The average Bonchev–Trinajstić information content (AvgIpc) is 2.93. The largest absolute Gasteiger partial charge is 0.459 e. The smallest absolute Gasteiger partial charge is 0.322 e. The molecule has 0 radical (unpaired) electrons. The molecule has 2 saturated heterocycles. The number of benzene rings is 1. The summed E-state index contributed by atoms with van der Waals surface area (Å²) >= 11 is 0. The number of rotatable bonds is 8. The van der Waals surface area contributed by atoms with Crippen LogP contribution in [-0.4, -0.2) is 46.7 Å². The van der Waals surface area contributed by atoms with E-state index in [1.54, 1.807) is 0 Å². The Hall–Kier alpha value is -1.76. The van der Waals surface area contributed by atoms with Crippen molar-refractivity contribution in [2.24, 2.45) is 5.41 Å². The lowest BCUT2D eigenvalue weighted by atomic mass is 9.69. The molecule has 32 heavy (non-hydrogen) atoms. The van der Waals surface area contributed by atoms with Crippen molar-refractivity contribution in [1.82, 2.24) is 5.06 Å². The van der Waals surface area contributed by atoms with E-state index in [4.69, 9.17) is 14.3 Å². The first-order valence-corrected chi connectivity index (χ1v) is 12.0. The molecule has 3 aliphatic rings. The van der Waals surface area contributed by atoms with E-state index in [2.05, 4.69) is 32.8 Å². The number of ketones is 1. The lowest BCUT2D eigenvalue weighted by Gasteiger charge is -2.53. The van der Waals surface area contributed by atoms with Crippen molar-refractivity contribution in [3.63, 3.8) is 0 Å². The van der Waals surface area contributed by atoms with Gasteiger partial charge in [-0.2, -0.15) is 5.06 Å². The van der Waals surface area contributed by atoms with Crippen LogP contribution in [0.15, 0.2) is 30.3 Å². The second kappa shape index (κ2) is 8.88. The fourth-order valence-corrected chi connectivity index (χ4v) is 5.85. The third-order valence-corrected chi connectivity index (χ3v) is 7.47. The molecule has 1 aliphatic carbocycles. The number of ether oxygens (including phenoxy) is 2. The molecule has 1 saturated carbocycles. The molecule has 4 rings (SSSR count). The van der Waals surface area contributed by atoms with E-state index < -0.39 is 17.5 Å². The van der Waals surface area contributed by atoms with Gasteiger partial charge in [0.05, 0.1) is 6.61 Å². The van der Waals surface area contributed by atoms with Gasteiger partial charge in [-0.25, -0.2) is 0 Å². The molecule has 6 heteroatoms. The number of hydroxylamine groups is 2. The van der Waals surface area contributed by atoms with Crippen molar-refractivity contribution in [2.75, 3.05) is 6.61 Å². The molecule has 0 spiro atoms. The molecule has 0 unspecified atom stereocenters. The van der Waals surface area contributed by atoms with Crippen molar-refractivity contribution in [3.8, 4) is 0 Å². The van der Waals surface area contributed by atoms with Crippen molar-refractivity contribution in [2.45, 2.75) is 103 Å². The highest BCUT2D eigenvalue weighted by atomic mass is 16.7. The number of carbonyl (C=O) groups is 2. The van der Waals surface area contributed by atoms with Gasteiger partial charge in [-0.1, -0.05) is 30.3 Å². The summed E-state index contributed by atoms with van der Waals surface area (Å²) in [4.78, 5) is 32.9. The zero-order valence-corrected chi connectivity index (χ0v) is 19.9. The summed E-state index contributed by atoms with van der Waals surface area (Å²) in [7, 11) is 0. The van der Waals surface area contributed by atoms with Crippen LogP contribution >= 0.6 is 0 Å². The van der Waals surface area contributed by atoms with Gasteiger partial charge in [0.1, 0.15) is 12.2 Å². The zero-order chi connectivity index (χ0) is 23.0. The van der Waals surface area contributed by atoms with Crippen LogP contribution in [0.25, 0.3) is 0 Å². The van der Waals surface area contributed by atoms with Gasteiger partial charge in [-0.3, -0.25) is 14.4 Å². The van der Waals surface area contributed by atoms with Gasteiger partial charge in [0.15, 0.2) is 11.2 Å². The van der Waals surface area contributed by atoms with Gasteiger partial charge in [0.25, 0.3) is 0 Å². The molecular formula is C26H37NO5. The highest BCUT2D eigenvalue weighted by Crippen LogP contribution is 2.50. The second-order valence-corrected chi connectivity index (χ2v) is 10.8. The SMILES string of the molecule is CC1(C)CCCC(C)(C)N1O[C@H]1[C@H]2CCC(=O)[C@]1(CCCOCc1ccccc1)C(=O)O2. The predicted octanol–water partition coefficient (Wildman–Crippen LogP) is 4.60. The van der Waals surface area contributed by atoms with Gasteiger partial charge in [-0.05, 0) is 71.8 Å². The van der Waals surface area contributed by atoms with Gasteiger partial charge < -0.3 is 9.47 Å². The Kier molecular flexibility index (Phi) is 6.49. The molecular weight excluding hydrogens is 406 g/mol. The van der Waals surface area contributed by atoms with Crippen molar-refractivity contribution in [3.05, 3.63) is 35.9 Å². The van der Waals surface area contributed by atoms with Crippen LogP contribution in [0.1, 0.15) is 78.2 Å². The maximum atomic E-state index is 13.2. The Labute approximate surface area is 191 Å². The summed E-state index contributed by atoms with van der Waals surface area (Å²) in [6.45, 7) is 9.70. The minimum absolute atomic E-state index is 0.0445. The highest BCUT2D eigenvalue weighted by Gasteiger charge is 2.66. The van der Waals surface area contributed by atoms with Crippen LogP contribution < -0.4 is 0 Å². The Morgan fingerprint density at radius 3 is 2.44 bits per heavy atom. The second-order valence-electron chi connectivity index (χ2n) is 10.8. The topological polar surface area (TPSA) is 65.1 Å². The standard InChI is InChI=1S/C26H37NO5/c1-24(2)14-8-15-25(3,4)27(24)32-22-20-12-13-21(28)26(22,23(29)31-20)16-9-17-30-18-19-10-6-5-7-11-19/h5-7,10-11,20,22H,8-9,12-18H2,1-4H3/t20-,22+,26+/m1/s1. The van der Waals surface area contributed by atoms with Crippen molar-refractivity contribution >= 4 is 11.8 Å². The summed E-state index contributed by atoms with van der Waals surface area (Å²) < 4.78 is 11.5. The molecule has 2 aliphatic heterocycles. The predicted molar refractivity (Wildman–Crippen MR) is 121 cm³/mol. The molecule has 0 aromatic heterocycles. The normalized spacial score (nSPS) is 31.5. The summed E-state index contributed by atoms with van der Waals surface area (Å²) in [6, 6.07) is 9.99. The minimum Gasteiger partial charge on any atom is -0.459 e. The van der Waals surface area contributed by atoms with E-state index in [-0.39, 0.29) is 23.0 Å².